The van der Waals surface area contributed by atoms with Crippen molar-refractivity contribution in [3.63, 3.8) is 0 Å². The molecule has 0 aromatic carbocycles. The fourth-order valence-electron chi connectivity index (χ4n) is 1.49. The molecular weight excluding hydrogens is 264 g/mol. The van der Waals surface area contributed by atoms with Crippen LogP contribution in [0, 0.1) is 0 Å². The maximum atomic E-state index is 11.5. The molecule has 0 bridgehead atoms. The number of hydrogen-bond acceptors (Lipinski definition) is 4. The van der Waals surface area contributed by atoms with E-state index in [4.69, 9.17) is 5.73 Å². The number of aromatic nitrogens is 2. The Bertz CT molecular complexity index is 458. The maximum Gasteiger partial charge on any atom is 0.254 e. The number of H-pyrrole nitrogens is 1. The van der Waals surface area contributed by atoms with Crippen molar-refractivity contribution in [2.45, 2.75) is 11.2 Å². The monoisotopic (exact) mass is 272 g/mol. The van der Waals surface area contributed by atoms with Gasteiger partial charge < -0.3 is 5.73 Å². The van der Waals surface area contributed by atoms with Gasteiger partial charge in [0.2, 0.25) is 11.9 Å². The third-order valence-corrected chi connectivity index (χ3v) is 2.71. The SMILES string of the molecule is Nc1nc(N2CC(Br)CC2=O)cc(=O)[nH]1. The van der Waals surface area contributed by atoms with Crippen molar-refractivity contribution in [3.8, 4) is 0 Å². The lowest BCUT2D eigenvalue weighted by atomic mass is 10.4. The number of amides is 1. The molecule has 1 unspecified atom stereocenters. The number of nitrogens with zero attached hydrogens (tertiary/aromatic N) is 2. The van der Waals surface area contributed by atoms with Crippen molar-refractivity contribution < 1.29 is 4.79 Å². The van der Waals surface area contributed by atoms with E-state index in [1.165, 1.54) is 11.0 Å². The van der Waals surface area contributed by atoms with Crippen molar-refractivity contribution in [1.29, 1.82) is 0 Å². The van der Waals surface area contributed by atoms with Crippen LogP contribution in [0.15, 0.2) is 10.9 Å². The number of hydrogen-bond donors (Lipinski definition) is 2. The highest BCUT2D eigenvalue weighted by atomic mass is 79.9. The fraction of sp³-hybridized carbons (Fsp3) is 0.375. The Morgan fingerprint density at radius 3 is 2.87 bits per heavy atom. The van der Waals surface area contributed by atoms with Crippen LogP contribution in [0.1, 0.15) is 6.42 Å². The summed E-state index contributed by atoms with van der Waals surface area (Å²) in [4.78, 5) is 30.4. The normalized spacial score (nSPS) is 21.0. The minimum absolute atomic E-state index is 0.0170. The number of carbonyl (C=O) groups is 1. The zero-order valence-corrected chi connectivity index (χ0v) is 9.32. The van der Waals surface area contributed by atoms with Gasteiger partial charge in [-0.15, -0.1) is 0 Å². The van der Waals surface area contributed by atoms with E-state index in [9.17, 15) is 9.59 Å². The average molecular weight is 273 g/mol. The lowest BCUT2D eigenvalue weighted by molar-refractivity contribution is -0.117. The first-order valence-electron chi connectivity index (χ1n) is 4.37. The molecule has 1 aromatic heterocycles. The van der Waals surface area contributed by atoms with Gasteiger partial charge in [0.15, 0.2) is 0 Å². The van der Waals surface area contributed by atoms with Gasteiger partial charge in [-0.1, -0.05) is 15.9 Å². The smallest absolute Gasteiger partial charge is 0.254 e. The van der Waals surface area contributed by atoms with Crippen LogP contribution in [0.25, 0.3) is 0 Å². The summed E-state index contributed by atoms with van der Waals surface area (Å²) in [5.74, 6) is 0.265. The van der Waals surface area contributed by atoms with Crippen LogP contribution in [-0.2, 0) is 4.79 Å². The van der Waals surface area contributed by atoms with E-state index >= 15 is 0 Å². The molecule has 3 N–H and O–H groups in total. The number of anilines is 2. The van der Waals surface area contributed by atoms with Crippen molar-refractivity contribution in [2.24, 2.45) is 0 Å². The molecule has 6 nitrogen and oxygen atoms in total. The van der Waals surface area contributed by atoms with Crippen LogP contribution in [0.2, 0.25) is 0 Å². The zero-order chi connectivity index (χ0) is 11.0. The summed E-state index contributed by atoms with van der Waals surface area (Å²) in [6.45, 7) is 0.509. The summed E-state index contributed by atoms with van der Waals surface area (Å²) in [6.07, 6.45) is 0.411. The first kappa shape index (κ1) is 10.2. The molecule has 0 saturated carbocycles. The topological polar surface area (TPSA) is 92.1 Å². The van der Waals surface area contributed by atoms with Gasteiger partial charge in [-0.05, 0) is 0 Å². The number of nitrogen functional groups attached to an aromatic ring is 1. The van der Waals surface area contributed by atoms with E-state index < -0.39 is 0 Å². The molecule has 1 amide bonds. The Morgan fingerprint density at radius 2 is 2.33 bits per heavy atom. The van der Waals surface area contributed by atoms with Crippen LogP contribution in [0.4, 0.5) is 11.8 Å². The Labute approximate surface area is 93.6 Å². The van der Waals surface area contributed by atoms with Crippen molar-refractivity contribution >= 4 is 33.6 Å². The summed E-state index contributed by atoms with van der Waals surface area (Å²) in [5, 5.41) is 0. The Kier molecular flexibility index (Phi) is 2.47. The number of rotatable bonds is 1. The molecule has 2 rings (SSSR count). The van der Waals surface area contributed by atoms with Crippen molar-refractivity contribution in [2.75, 3.05) is 17.2 Å². The highest BCUT2D eigenvalue weighted by Crippen LogP contribution is 2.22. The van der Waals surface area contributed by atoms with E-state index in [1.807, 2.05) is 0 Å². The van der Waals surface area contributed by atoms with Gasteiger partial charge in [-0.25, -0.2) is 0 Å². The molecule has 15 heavy (non-hydrogen) atoms. The minimum atomic E-state index is -0.358. The molecule has 1 aliphatic heterocycles. The summed E-state index contributed by atoms with van der Waals surface area (Å²) in [5.41, 5.74) is 5.03. The Hall–Kier alpha value is -1.37. The van der Waals surface area contributed by atoms with Gasteiger partial charge in [0, 0.05) is 23.9 Å². The van der Waals surface area contributed by atoms with Gasteiger partial charge in [0.25, 0.3) is 5.56 Å². The summed E-state index contributed by atoms with van der Waals surface area (Å²) in [7, 11) is 0. The molecule has 1 fully saturated rings. The zero-order valence-electron chi connectivity index (χ0n) is 7.74. The Balaban J connectivity index is 2.37. The summed E-state index contributed by atoms with van der Waals surface area (Å²) in [6, 6.07) is 1.26. The van der Waals surface area contributed by atoms with Crippen LogP contribution >= 0.6 is 15.9 Å². The second-order valence-corrected chi connectivity index (χ2v) is 4.59. The fourth-order valence-corrected chi connectivity index (χ4v) is 2.05. The molecule has 7 heteroatoms. The number of nitrogens with one attached hydrogen (secondary N) is 1. The van der Waals surface area contributed by atoms with Gasteiger partial charge >= 0.3 is 0 Å². The molecule has 80 valence electrons. The summed E-state index contributed by atoms with van der Waals surface area (Å²) < 4.78 is 0. The van der Waals surface area contributed by atoms with E-state index in [1.54, 1.807) is 0 Å². The molecular formula is C8H9BrN4O2. The largest absolute Gasteiger partial charge is 0.369 e. The van der Waals surface area contributed by atoms with E-state index in [0.717, 1.165) is 0 Å². The second kappa shape index (κ2) is 3.65. The molecule has 1 aromatic rings. The maximum absolute atomic E-state index is 11.5. The van der Waals surface area contributed by atoms with Gasteiger partial charge in [0.05, 0.1) is 0 Å². The molecule has 2 heterocycles. The predicted octanol–water partition coefficient (Wildman–Crippen LogP) is -0.148. The number of nitrogens with two attached hydrogens (primary N) is 1. The van der Waals surface area contributed by atoms with Gasteiger partial charge in [-0.3, -0.25) is 19.5 Å². The molecule has 1 atom stereocenters. The summed E-state index contributed by atoms with van der Waals surface area (Å²) >= 11 is 3.35. The van der Waals surface area contributed by atoms with Gasteiger partial charge in [0.1, 0.15) is 5.82 Å². The van der Waals surface area contributed by atoms with Crippen LogP contribution in [0.5, 0.6) is 0 Å². The molecule has 1 aliphatic rings. The first-order chi connectivity index (χ1) is 7.06. The van der Waals surface area contributed by atoms with E-state index in [0.29, 0.717) is 18.8 Å². The third-order valence-electron chi connectivity index (χ3n) is 2.10. The first-order valence-corrected chi connectivity index (χ1v) is 5.29. The highest BCUT2D eigenvalue weighted by Gasteiger charge is 2.29. The van der Waals surface area contributed by atoms with Gasteiger partial charge in [-0.2, -0.15) is 4.98 Å². The van der Waals surface area contributed by atoms with Crippen LogP contribution < -0.4 is 16.2 Å². The Morgan fingerprint density at radius 1 is 1.60 bits per heavy atom. The third kappa shape index (κ3) is 2.01. The predicted molar refractivity (Wildman–Crippen MR) is 59.0 cm³/mol. The van der Waals surface area contributed by atoms with Crippen molar-refractivity contribution in [1.82, 2.24) is 9.97 Å². The van der Waals surface area contributed by atoms with Crippen LogP contribution in [0.3, 0.4) is 0 Å². The van der Waals surface area contributed by atoms with E-state index in [2.05, 4.69) is 25.9 Å². The number of carbonyl (C=O) groups excluding carboxylic acids is 1. The minimum Gasteiger partial charge on any atom is -0.369 e. The lowest BCUT2D eigenvalue weighted by Crippen LogP contribution is -2.27. The number of halogens is 1. The van der Waals surface area contributed by atoms with Crippen LogP contribution in [-0.4, -0.2) is 27.2 Å². The lowest BCUT2D eigenvalue weighted by Gasteiger charge is -2.14. The quantitative estimate of drug-likeness (QED) is 0.696. The average Bonchev–Trinajstić information content (AvgIpc) is 2.43. The standard InChI is InChI=1S/C8H9BrN4O2/c9-4-1-7(15)13(3-4)5-2-6(14)12-8(10)11-5/h2,4H,1,3H2,(H3,10,11,12,14). The highest BCUT2D eigenvalue weighted by molar-refractivity contribution is 9.09. The second-order valence-electron chi connectivity index (χ2n) is 3.29. The van der Waals surface area contributed by atoms with Crippen molar-refractivity contribution in [3.05, 3.63) is 16.4 Å². The molecule has 0 aliphatic carbocycles. The molecule has 0 spiro atoms. The number of alkyl halides is 1. The molecule has 0 radical (unpaired) electrons. The molecule has 1 saturated heterocycles. The van der Waals surface area contributed by atoms with E-state index in [-0.39, 0.29) is 22.2 Å². The number of aromatic amines is 1.